The highest BCUT2D eigenvalue weighted by molar-refractivity contribution is 5.94. The minimum atomic E-state index is -0.900. The van der Waals surface area contributed by atoms with Crippen molar-refractivity contribution in [1.82, 2.24) is 4.98 Å². The van der Waals surface area contributed by atoms with E-state index in [4.69, 9.17) is 0 Å². The predicted molar refractivity (Wildman–Crippen MR) is 66.4 cm³/mol. The summed E-state index contributed by atoms with van der Waals surface area (Å²) < 4.78 is 0. The molecule has 4 nitrogen and oxygen atoms in total. The van der Waals surface area contributed by atoms with Gasteiger partial charge < -0.3 is 10.0 Å². The van der Waals surface area contributed by atoms with Gasteiger partial charge in [0.15, 0.2) is 0 Å². The molecule has 1 heterocycles. The average Bonchev–Trinajstić information content (AvgIpc) is 3.09. The quantitative estimate of drug-likeness (QED) is 0.850. The lowest BCUT2D eigenvalue weighted by atomic mass is 10.1. The Hall–Kier alpha value is -1.58. The number of pyridine rings is 1. The SMILES string of the molecule is CC(C)CN(c1ccncc1C(=O)O)C1CC1. The molecule has 1 aromatic heterocycles. The highest BCUT2D eigenvalue weighted by atomic mass is 16.4. The standard InChI is InChI=1S/C13H18N2O2/c1-9(2)8-15(10-3-4-10)12-5-6-14-7-11(12)13(16)17/h5-7,9-10H,3-4,8H2,1-2H3,(H,16,17). The molecular formula is C13H18N2O2. The van der Waals surface area contributed by atoms with Crippen LogP contribution in [0, 0.1) is 5.92 Å². The van der Waals surface area contributed by atoms with Gasteiger partial charge in [0.25, 0.3) is 0 Å². The van der Waals surface area contributed by atoms with E-state index in [0.29, 0.717) is 17.5 Å². The highest BCUT2D eigenvalue weighted by Gasteiger charge is 2.31. The Morgan fingerprint density at radius 2 is 2.29 bits per heavy atom. The molecule has 0 spiro atoms. The molecule has 1 N–H and O–H groups in total. The molecule has 2 rings (SSSR count). The summed E-state index contributed by atoms with van der Waals surface area (Å²) in [7, 11) is 0. The van der Waals surface area contributed by atoms with Gasteiger partial charge >= 0.3 is 5.97 Å². The molecule has 0 bridgehead atoms. The number of nitrogens with zero attached hydrogens (tertiary/aromatic N) is 2. The fourth-order valence-electron chi connectivity index (χ4n) is 2.03. The van der Waals surface area contributed by atoms with E-state index in [2.05, 4.69) is 23.7 Å². The van der Waals surface area contributed by atoms with Gasteiger partial charge in [-0.25, -0.2) is 4.79 Å². The van der Waals surface area contributed by atoms with Gasteiger partial charge in [0.2, 0.25) is 0 Å². The lowest BCUT2D eigenvalue weighted by Gasteiger charge is -2.27. The fraction of sp³-hybridized carbons (Fsp3) is 0.538. The second-order valence-electron chi connectivity index (χ2n) is 4.98. The summed E-state index contributed by atoms with van der Waals surface area (Å²) >= 11 is 0. The molecule has 0 aliphatic heterocycles. The Bertz CT molecular complexity index is 414. The van der Waals surface area contributed by atoms with Crippen LogP contribution in [0.15, 0.2) is 18.5 Å². The van der Waals surface area contributed by atoms with Crippen molar-refractivity contribution in [3.05, 3.63) is 24.0 Å². The summed E-state index contributed by atoms with van der Waals surface area (Å²) in [6.45, 7) is 5.20. The summed E-state index contributed by atoms with van der Waals surface area (Å²) in [4.78, 5) is 17.3. The Morgan fingerprint density at radius 3 is 2.82 bits per heavy atom. The van der Waals surface area contributed by atoms with E-state index in [-0.39, 0.29) is 0 Å². The molecule has 0 amide bonds. The maximum atomic E-state index is 11.2. The van der Waals surface area contributed by atoms with Crippen molar-refractivity contribution < 1.29 is 9.90 Å². The normalized spacial score (nSPS) is 15.0. The zero-order chi connectivity index (χ0) is 12.4. The van der Waals surface area contributed by atoms with E-state index >= 15 is 0 Å². The van der Waals surface area contributed by atoms with Gasteiger partial charge in [-0.3, -0.25) is 4.98 Å². The number of aromatic nitrogens is 1. The first-order valence-electron chi connectivity index (χ1n) is 6.03. The van der Waals surface area contributed by atoms with E-state index < -0.39 is 5.97 Å². The molecule has 1 saturated carbocycles. The molecule has 1 aliphatic carbocycles. The number of rotatable bonds is 5. The van der Waals surface area contributed by atoms with Gasteiger partial charge in [-0.15, -0.1) is 0 Å². The van der Waals surface area contributed by atoms with Gasteiger partial charge in [0.05, 0.1) is 5.69 Å². The van der Waals surface area contributed by atoms with Crippen LogP contribution < -0.4 is 4.90 Å². The van der Waals surface area contributed by atoms with E-state index in [0.717, 1.165) is 25.1 Å². The molecule has 0 aromatic carbocycles. The number of carbonyl (C=O) groups is 1. The van der Waals surface area contributed by atoms with Crippen molar-refractivity contribution in [3.8, 4) is 0 Å². The Labute approximate surface area is 101 Å². The van der Waals surface area contributed by atoms with Crippen molar-refractivity contribution in [2.24, 2.45) is 5.92 Å². The predicted octanol–water partition coefficient (Wildman–Crippen LogP) is 2.40. The molecule has 0 saturated heterocycles. The van der Waals surface area contributed by atoms with Crippen LogP contribution in [0.25, 0.3) is 0 Å². The van der Waals surface area contributed by atoms with Crippen LogP contribution in [0.2, 0.25) is 0 Å². The van der Waals surface area contributed by atoms with E-state index in [1.807, 2.05) is 6.07 Å². The molecule has 0 atom stereocenters. The van der Waals surface area contributed by atoms with Crippen molar-refractivity contribution in [1.29, 1.82) is 0 Å². The Balaban J connectivity index is 2.31. The molecule has 92 valence electrons. The summed E-state index contributed by atoms with van der Waals surface area (Å²) in [5, 5.41) is 9.18. The minimum Gasteiger partial charge on any atom is -0.478 e. The van der Waals surface area contributed by atoms with Crippen LogP contribution in [-0.2, 0) is 0 Å². The molecule has 1 aromatic rings. The van der Waals surface area contributed by atoms with Crippen LogP contribution in [0.5, 0.6) is 0 Å². The topological polar surface area (TPSA) is 53.4 Å². The van der Waals surface area contributed by atoms with Gasteiger partial charge in [0.1, 0.15) is 5.56 Å². The molecule has 4 heteroatoms. The summed E-state index contributed by atoms with van der Waals surface area (Å²) in [6, 6.07) is 2.32. The minimum absolute atomic E-state index is 0.306. The zero-order valence-electron chi connectivity index (χ0n) is 10.3. The molecule has 17 heavy (non-hydrogen) atoms. The first-order chi connectivity index (χ1) is 8.09. The lowest BCUT2D eigenvalue weighted by Crippen LogP contribution is -2.31. The summed E-state index contributed by atoms with van der Waals surface area (Å²) in [5.74, 6) is -0.382. The van der Waals surface area contributed by atoms with E-state index in [1.165, 1.54) is 6.20 Å². The van der Waals surface area contributed by atoms with Crippen LogP contribution in [0.1, 0.15) is 37.0 Å². The maximum absolute atomic E-state index is 11.2. The second-order valence-corrected chi connectivity index (χ2v) is 4.98. The molecular weight excluding hydrogens is 216 g/mol. The van der Waals surface area contributed by atoms with E-state index in [1.54, 1.807) is 6.20 Å². The van der Waals surface area contributed by atoms with Gasteiger partial charge in [-0.2, -0.15) is 0 Å². The van der Waals surface area contributed by atoms with Gasteiger partial charge in [0, 0.05) is 25.0 Å². The third-order valence-electron chi connectivity index (χ3n) is 2.89. The third kappa shape index (κ3) is 2.75. The van der Waals surface area contributed by atoms with Crippen molar-refractivity contribution in [3.63, 3.8) is 0 Å². The number of hydrogen-bond acceptors (Lipinski definition) is 3. The molecule has 1 aliphatic rings. The van der Waals surface area contributed by atoms with Crippen LogP contribution in [-0.4, -0.2) is 28.6 Å². The highest BCUT2D eigenvalue weighted by Crippen LogP contribution is 2.33. The number of carboxylic acid groups (broad SMARTS) is 1. The average molecular weight is 234 g/mol. The molecule has 0 unspecified atom stereocenters. The molecule has 0 radical (unpaired) electrons. The summed E-state index contributed by atoms with van der Waals surface area (Å²) in [6.07, 6.45) is 5.42. The van der Waals surface area contributed by atoms with Crippen molar-refractivity contribution >= 4 is 11.7 Å². The van der Waals surface area contributed by atoms with Gasteiger partial charge in [-0.1, -0.05) is 13.8 Å². The smallest absolute Gasteiger partial charge is 0.339 e. The van der Waals surface area contributed by atoms with Crippen molar-refractivity contribution in [2.45, 2.75) is 32.7 Å². The third-order valence-corrected chi connectivity index (χ3v) is 2.89. The largest absolute Gasteiger partial charge is 0.478 e. The van der Waals surface area contributed by atoms with Crippen LogP contribution in [0.4, 0.5) is 5.69 Å². The van der Waals surface area contributed by atoms with E-state index in [9.17, 15) is 9.90 Å². The summed E-state index contributed by atoms with van der Waals surface area (Å²) in [5.41, 5.74) is 1.11. The van der Waals surface area contributed by atoms with Gasteiger partial charge in [-0.05, 0) is 24.8 Å². The second kappa shape index (κ2) is 4.73. The van der Waals surface area contributed by atoms with Crippen molar-refractivity contribution in [2.75, 3.05) is 11.4 Å². The number of hydrogen-bond donors (Lipinski definition) is 1. The Morgan fingerprint density at radius 1 is 1.59 bits per heavy atom. The number of carboxylic acids is 1. The maximum Gasteiger partial charge on any atom is 0.339 e. The number of anilines is 1. The fourth-order valence-corrected chi connectivity index (χ4v) is 2.03. The van der Waals surface area contributed by atoms with Crippen LogP contribution in [0.3, 0.4) is 0 Å². The zero-order valence-corrected chi connectivity index (χ0v) is 10.3. The molecule has 1 fully saturated rings. The number of aromatic carboxylic acids is 1. The monoisotopic (exact) mass is 234 g/mol. The van der Waals surface area contributed by atoms with Crippen LogP contribution >= 0.6 is 0 Å². The first-order valence-corrected chi connectivity index (χ1v) is 6.03. The lowest BCUT2D eigenvalue weighted by molar-refractivity contribution is 0.0697. The Kier molecular flexibility index (Phi) is 3.31. The first kappa shape index (κ1) is 11.9.